The lowest BCUT2D eigenvalue weighted by Gasteiger charge is -2.22. The zero-order valence-electron chi connectivity index (χ0n) is 13.3. The molecule has 118 valence electrons. The highest BCUT2D eigenvalue weighted by Gasteiger charge is 2.22. The van der Waals surface area contributed by atoms with E-state index < -0.39 is 0 Å². The van der Waals surface area contributed by atoms with Crippen LogP contribution in [0.25, 0.3) is 0 Å². The molecular weight excluding hydrogens is 269 g/mol. The molecule has 0 aliphatic rings. The van der Waals surface area contributed by atoms with Gasteiger partial charge in [-0.05, 0) is 49.9 Å². The topological polar surface area (TPSA) is 70.6 Å². The first-order valence-electron chi connectivity index (χ1n) is 7.22. The van der Waals surface area contributed by atoms with Crippen LogP contribution in [0, 0.1) is 25.1 Å². The average molecular weight is 295 g/mol. The fourth-order valence-corrected chi connectivity index (χ4v) is 2.29. The molecule has 0 aliphatic carbocycles. The van der Waals surface area contributed by atoms with E-state index in [0.29, 0.717) is 17.7 Å². The maximum atomic E-state index is 13.5. The summed E-state index contributed by atoms with van der Waals surface area (Å²) in [5.41, 5.74) is 7.79. The zero-order chi connectivity index (χ0) is 16.0. The first-order chi connectivity index (χ1) is 9.77. The van der Waals surface area contributed by atoms with E-state index in [4.69, 9.17) is 10.9 Å². The van der Waals surface area contributed by atoms with Gasteiger partial charge in [0.25, 0.3) is 0 Å². The lowest BCUT2D eigenvalue weighted by molar-refractivity contribution is 0.304. The predicted octanol–water partition coefficient (Wildman–Crippen LogP) is 3.08. The van der Waals surface area contributed by atoms with Gasteiger partial charge >= 0.3 is 0 Å². The summed E-state index contributed by atoms with van der Waals surface area (Å²) >= 11 is 0. The molecule has 0 saturated carbocycles. The minimum Gasteiger partial charge on any atom is -0.409 e. The minimum absolute atomic E-state index is 0.126. The SMILES string of the molecule is Cc1cc(CNCCCC(C)(C)/C(N)=N/O)cc(C)c1F. The molecular formula is C16H26FN3O. The highest BCUT2D eigenvalue weighted by Crippen LogP contribution is 2.22. The third-order valence-corrected chi connectivity index (χ3v) is 3.78. The van der Waals surface area contributed by atoms with Crippen molar-refractivity contribution in [1.82, 2.24) is 5.32 Å². The zero-order valence-corrected chi connectivity index (χ0v) is 13.3. The number of oxime groups is 1. The van der Waals surface area contributed by atoms with E-state index in [2.05, 4.69) is 10.5 Å². The van der Waals surface area contributed by atoms with Crippen molar-refractivity contribution in [3.05, 3.63) is 34.6 Å². The number of halogens is 1. The van der Waals surface area contributed by atoms with Crippen LogP contribution in [0.15, 0.2) is 17.3 Å². The van der Waals surface area contributed by atoms with Gasteiger partial charge in [-0.15, -0.1) is 0 Å². The smallest absolute Gasteiger partial charge is 0.144 e. The van der Waals surface area contributed by atoms with Crippen molar-refractivity contribution >= 4 is 5.84 Å². The Morgan fingerprint density at radius 2 is 1.90 bits per heavy atom. The third-order valence-electron chi connectivity index (χ3n) is 3.78. The highest BCUT2D eigenvalue weighted by molar-refractivity contribution is 5.85. The van der Waals surface area contributed by atoms with Crippen molar-refractivity contribution in [1.29, 1.82) is 0 Å². The molecule has 0 aromatic heterocycles. The van der Waals surface area contributed by atoms with E-state index >= 15 is 0 Å². The number of rotatable bonds is 7. The van der Waals surface area contributed by atoms with Crippen molar-refractivity contribution < 1.29 is 9.60 Å². The summed E-state index contributed by atoms with van der Waals surface area (Å²) in [6.07, 6.45) is 1.75. The van der Waals surface area contributed by atoms with Gasteiger partial charge in [-0.1, -0.05) is 31.1 Å². The molecule has 0 amide bonds. The number of nitrogens with zero attached hydrogens (tertiary/aromatic N) is 1. The van der Waals surface area contributed by atoms with Crippen LogP contribution in [-0.2, 0) is 6.54 Å². The first kappa shape index (κ1) is 17.4. The molecule has 1 rings (SSSR count). The van der Waals surface area contributed by atoms with Gasteiger partial charge in [-0.2, -0.15) is 0 Å². The molecule has 0 bridgehead atoms. The largest absolute Gasteiger partial charge is 0.409 e. The van der Waals surface area contributed by atoms with Gasteiger partial charge in [0.15, 0.2) is 0 Å². The molecule has 0 unspecified atom stereocenters. The third kappa shape index (κ3) is 5.01. The number of aryl methyl sites for hydroxylation is 2. The monoisotopic (exact) mass is 295 g/mol. The molecule has 1 aromatic carbocycles. The lowest BCUT2D eigenvalue weighted by Crippen LogP contribution is -2.32. The van der Waals surface area contributed by atoms with E-state index in [0.717, 1.165) is 24.9 Å². The Hall–Kier alpha value is -1.62. The maximum Gasteiger partial charge on any atom is 0.144 e. The number of nitrogens with two attached hydrogens (primary N) is 1. The number of hydrogen-bond donors (Lipinski definition) is 3. The fourth-order valence-electron chi connectivity index (χ4n) is 2.29. The predicted molar refractivity (Wildman–Crippen MR) is 84.0 cm³/mol. The normalized spacial score (nSPS) is 12.7. The molecule has 0 fully saturated rings. The van der Waals surface area contributed by atoms with Crippen LogP contribution in [0.5, 0.6) is 0 Å². The van der Waals surface area contributed by atoms with E-state index in [-0.39, 0.29) is 17.1 Å². The van der Waals surface area contributed by atoms with Crippen LogP contribution in [0.1, 0.15) is 43.4 Å². The first-order valence-corrected chi connectivity index (χ1v) is 7.22. The van der Waals surface area contributed by atoms with Gasteiger partial charge in [0.1, 0.15) is 11.7 Å². The average Bonchev–Trinajstić information content (AvgIpc) is 2.43. The Bertz CT molecular complexity index is 489. The molecule has 4 N–H and O–H groups in total. The quantitative estimate of drug-likeness (QED) is 0.238. The van der Waals surface area contributed by atoms with Crippen molar-refractivity contribution in [3.8, 4) is 0 Å². The van der Waals surface area contributed by atoms with Gasteiger partial charge in [0, 0.05) is 12.0 Å². The van der Waals surface area contributed by atoms with Crippen molar-refractivity contribution in [3.63, 3.8) is 0 Å². The van der Waals surface area contributed by atoms with Crippen LogP contribution in [0.4, 0.5) is 4.39 Å². The maximum absolute atomic E-state index is 13.5. The Kier molecular flexibility index (Phi) is 6.15. The van der Waals surface area contributed by atoms with Crippen LogP contribution in [0.2, 0.25) is 0 Å². The van der Waals surface area contributed by atoms with Crippen molar-refractivity contribution in [2.75, 3.05) is 6.54 Å². The van der Waals surface area contributed by atoms with Crippen molar-refractivity contribution in [2.45, 2.75) is 47.1 Å². The van der Waals surface area contributed by atoms with E-state index in [1.54, 1.807) is 13.8 Å². The number of benzene rings is 1. The molecule has 0 heterocycles. The number of hydrogen-bond acceptors (Lipinski definition) is 3. The van der Waals surface area contributed by atoms with Gasteiger partial charge < -0.3 is 16.3 Å². The van der Waals surface area contributed by atoms with Gasteiger partial charge in [-0.3, -0.25) is 0 Å². The summed E-state index contributed by atoms with van der Waals surface area (Å²) in [6, 6.07) is 3.74. The second-order valence-electron chi connectivity index (χ2n) is 6.19. The molecule has 0 atom stereocenters. The van der Waals surface area contributed by atoms with Crippen LogP contribution < -0.4 is 11.1 Å². The fraction of sp³-hybridized carbons (Fsp3) is 0.562. The summed E-state index contributed by atoms with van der Waals surface area (Å²) in [5.74, 6) is 0.131. The summed E-state index contributed by atoms with van der Waals surface area (Å²) < 4.78 is 13.5. The molecule has 4 nitrogen and oxygen atoms in total. The highest BCUT2D eigenvalue weighted by atomic mass is 19.1. The second-order valence-corrected chi connectivity index (χ2v) is 6.19. The molecule has 1 aromatic rings. The van der Waals surface area contributed by atoms with E-state index in [1.165, 1.54) is 0 Å². The Morgan fingerprint density at radius 1 is 1.33 bits per heavy atom. The van der Waals surface area contributed by atoms with Gasteiger partial charge in [0.2, 0.25) is 0 Å². The summed E-state index contributed by atoms with van der Waals surface area (Å²) in [5, 5.41) is 15.1. The molecule has 0 aliphatic heterocycles. The molecule has 5 heteroatoms. The standard InChI is InChI=1S/C16H26FN3O/c1-11-8-13(9-12(2)14(11)17)10-19-7-5-6-16(3,4)15(18)20-21/h8-9,19,21H,5-7,10H2,1-4H3,(H2,18,20). The van der Waals surface area contributed by atoms with Crippen molar-refractivity contribution in [2.24, 2.45) is 16.3 Å². The van der Waals surface area contributed by atoms with Crippen LogP contribution in [0.3, 0.4) is 0 Å². The lowest BCUT2D eigenvalue weighted by atomic mass is 9.86. The number of amidine groups is 1. The van der Waals surface area contributed by atoms with Gasteiger partial charge in [0.05, 0.1) is 0 Å². The summed E-state index contributed by atoms with van der Waals surface area (Å²) in [6.45, 7) is 9.02. The second kappa shape index (κ2) is 7.41. The summed E-state index contributed by atoms with van der Waals surface area (Å²) in [4.78, 5) is 0. The molecule has 0 saturated heterocycles. The van der Waals surface area contributed by atoms with Gasteiger partial charge in [-0.25, -0.2) is 4.39 Å². The van der Waals surface area contributed by atoms with Crippen LogP contribution >= 0.6 is 0 Å². The number of nitrogens with one attached hydrogen (secondary N) is 1. The molecule has 0 radical (unpaired) electrons. The molecule has 0 spiro atoms. The summed E-state index contributed by atoms with van der Waals surface area (Å²) in [7, 11) is 0. The van der Waals surface area contributed by atoms with E-state index in [1.807, 2.05) is 26.0 Å². The Morgan fingerprint density at radius 3 is 2.43 bits per heavy atom. The Labute approximate surface area is 126 Å². The molecule has 21 heavy (non-hydrogen) atoms. The van der Waals surface area contributed by atoms with E-state index in [9.17, 15) is 4.39 Å². The minimum atomic E-state index is -0.306. The Balaban J connectivity index is 2.39. The van der Waals surface area contributed by atoms with Crippen LogP contribution in [-0.4, -0.2) is 17.6 Å².